The van der Waals surface area contributed by atoms with Crippen molar-refractivity contribution in [3.63, 3.8) is 0 Å². The van der Waals surface area contributed by atoms with Crippen molar-refractivity contribution in [1.82, 2.24) is 0 Å². The molecule has 0 amide bonds. The van der Waals surface area contributed by atoms with Crippen molar-refractivity contribution in [2.24, 2.45) is 5.73 Å². The molecule has 5 heteroatoms. The van der Waals surface area contributed by atoms with Crippen LogP contribution in [0, 0.1) is 0 Å². The molecule has 17 heavy (non-hydrogen) atoms. The lowest BCUT2D eigenvalue weighted by atomic mass is 9.81. The quantitative estimate of drug-likeness (QED) is 0.886. The van der Waals surface area contributed by atoms with Crippen LogP contribution in [0.4, 0.5) is 13.2 Å². The van der Waals surface area contributed by atoms with Gasteiger partial charge in [-0.25, -0.2) is 0 Å². The number of alkyl halides is 3. The summed E-state index contributed by atoms with van der Waals surface area (Å²) in [6.45, 7) is 4.36. The maximum absolute atomic E-state index is 12.1. The largest absolute Gasteiger partial charge is 0.573 e. The van der Waals surface area contributed by atoms with Gasteiger partial charge in [-0.1, -0.05) is 26.0 Å². The molecule has 96 valence electrons. The van der Waals surface area contributed by atoms with Crippen LogP contribution in [0.1, 0.15) is 25.8 Å². The van der Waals surface area contributed by atoms with Gasteiger partial charge in [0.2, 0.25) is 0 Å². The smallest absolute Gasteiger partial charge is 0.406 e. The van der Waals surface area contributed by atoms with Crippen molar-refractivity contribution in [2.75, 3.05) is 6.54 Å². The highest BCUT2D eigenvalue weighted by Gasteiger charge is 2.31. The molecule has 0 aromatic heterocycles. The van der Waals surface area contributed by atoms with Crippen LogP contribution in [0.3, 0.4) is 0 Å². The average Bonchev–Trinajstić information content (AvgIpc) is 2.15. The van der Waals surface area contributed by atoms with E-state index < -0.39 is 6.36 Å². The number of ether oxygens (including phenoxy) is 1. The standard InChI is InChI=1S/C12H16F3NO/c1-11(2,6-7-16)9-4-3-5-10(8-9)17-12(13,14)15/h3-5,8H,6-7,16H2,1-2H3. The van der Waals surface area contributed by atoms with Gasteiger partial charge >= 0.3 is 6.36 Å². The first-order valence-electron chi connectivity index (χ1n) is 5.31. The normalized spacial score (nSPS) is 12.6. The summed E-state index contributed by atoms with van der Waals surface area (Å²) in [5, 5.41) is 0. The van der Waals surface area contributed by atoms with E-state index in [1.54, 1.807) is 12.1 Å². The minimum absolute atomic E-state index is 0.194. The molecule has 0 saturated heterocycles. The first kappa shape index (κ1) is 13.8. The molecule has 0 saturated carbocycles. The molecule has 0 unspecified atom stereocenters. The van der Waals surface area contributed by atoms with Gasteiger partial charge in [0.25, 0.3) is 0 Å². The van der Waals surface area contributed by atoms with E-state index in [0.29, 0.717) is 13.0 Å². The minimum Gasteiger partial charge on any atom is -0.406 e. The van der Waals surface area contributed by atoms with Crippen molar-refractivity contribution >= 4 is 0 Å². The van der Waals surface area contributed by atoms with E-state index in [1.165, 1.54) is 12.1 Å². The third-order valence-corrected chi connectivity index (χ3v) is 2.62. The summed E-state index contributed by atoms with van der Waals surface area (Å²) in [7, 11) is 0. The lowest BCUT2D eigenvalue weighted by molar-refractivity contribution is -0.274. The third-order valence-electron chi connectivity index (χ3n) is 2.62. The highest BCUT2D eigenvalue weighted by Crippen LogP contribution is 2.31. The summed E-state index contributed by atoms with van der Waals surface area (Å²) >= 11 is 0. The second-order valence-corrected chi connectivity index (χ2v) is 4.50. The Morgan fingerprint density at radius 1 is 1.24 bits per heavy atom. The Morgan fingerprint density at radius 3 is 2.41 bits per heavy atom. The number of hydrogen-bond acceptors (Lipinski definition) is 2. The number of halogens is 3. The number of nitrogens with two attached hydrogens (primary N) is 1. The number of rotatable bonds is 4. The van der Waals surface area contributed by atoms with Gasteiger partial charge in [0.15, 0.2) is 0 Å². The molecule has 0 aliphatic carbocycles. The van der Waals surface area contributed by atoms with Gasteiger partial charge in [0.05, 0.1) is 0 Å². The van der Waals surface area contributed by atoms with E-state index >= 15 is 0 Å². The highest BCUT2D eigenvalue weighted by molar-refractivity contribution is 5.33. The Kier molecular flexibility index (Phi) is 4.03. The summed E-state index contributed by atoms with van der Waals surface area (Å²) in [5.41, 5.74) is 6.00. The molecule has 0 radical (unpaired) electrons. The zero-order valence-electron chi connectivity index (χ0n) is 9.84. The van der Waals surface area contributed by atoms with Crippen molar-refractivity contribution in [1.29, 1.82) is 0 Å². The van der Waals surface area contributed by atoms with Gasteiger partial charge in [0.1, 0.15) is 5.75 Å². The summed E-state index contributed by atoms with van der Waals surface area (Å²) in [5.74, 6) is -0.194. The van der Waals surface area contributed by atoms with Gasteiger partial charge in [0, 0.05) is 0 Å². The van der Waals surface area contributed by atoms with Crippen LogP contribution >= 0.6 is 0 Å². The first-order valence-corrected chi connectivity index (χ1v) is 5.31. The third kappa shape index (κ3) is 4.26. The van der Waals surface area contributed by atoms with Crippen molar-refractivity contribution < 1.29 is 17.9 Å². The molecule has 0 spiro atoms. The van der Waals surface area contributed by atoms with E-state index in [9.17, 15) is 13.2 Å². The van der Waals surface area contributed by atoms with E-state index in [4.69, 9.17) is 5.73 Å². The first-order chi connectivity index (χ1) is 7.74. The van der Waals surface area contributed by atoms with Crippen LogP contribution in [0.5, 0.6) is 5.75 Å². The molecule has 1 aromatic rings. The summed E-state index contributed by atoms with van der Waals surface area (Å²) in [6, 6.07) is 6.02. The van der Waals surface area contributed by atoms with Gasteiger partial charge in [-0.05, 0) is 36.1 Å². The Bertz CT molecular complexity index is 374. The molecule has 1 rings (SSSR count). The fourth-order valence-corrected chi connectivity index (χ4v) is 1.62. The minimum atomic E-state index is -4.66. The molecule has 2 N–H and O–H groups in total. The molecule has 0 fully saturated rings. The Labute approximate surface area is 98.6 Å². The lowest BCUT2D eigenvalue weighted by Crippen LogP contribution is -2.22. The second kappa shape index (κ2) is 4.96. The van der Waals surface area contributed by atoms with E-state index in [1.807, 2.05) is 13.8 Å². The van der Waals surface area contributed by atoms with Crippen LogP contribution in [-0.2, 0) is 5.41 Å². The predicted molar refractivity (Wildman–Crippen MR) is 59.8 cm³/mol. The van der Waals surface area contributed by atoms with E-state index in [-0.39, 0.29) is 11.2 Å². The summed E-state index contributed by atoms with van der Waals surface area (Å²) in [4.78, 5) is 0. The van der Waals surface area contributed by atoms with E-state index in [0.717, 1.165) is 5.56 Å². The van der Waals surface area contributed by atoms with Crippen LogP contribution < -0.4 is 10.5 Å². The fraction of sp³-hybridized carbons (Fsp3) is 0.500. The average molecular weight is 247 g/mol. The Morgan fingerprint density at radius 2 is 1.88 bits per heavy atom. The molecule has 1 aromatic carbocycles. The van der Waals surface area contributed by atoms with Crippen molar-refractivity contribution in [2.45, 2.75) is 32.0 Å². The van der Waals surface area contributed by atoms with Crippen LogP contribution in [-0.4, -0.2) is 12.9 Å². The maximum Gasteiger partial charge on any atom is 0.573 e. The Balaban J connectivity index is 2.93. The fourth-order valence-electron chi connectivity index (χ4n) is 1.62. The van der Waals surface area contributed by atoms with Crippen LogP contribution in [0.25, 0.3) is 0 Å². The highest BCUT2D eigenvalue weighted by atomic mass is 19.4. The van der Waals surface area contributed by atoms with Gasteiger partial charge in [-0.2, -0.15) is 0 Å². The van der Waals surface area contributed by atoms with Crippen LogP contribution in [0.15, 0.2) is 24.3 Å². The SMILES string of the molecule is CC(C)(CCN)c1cccc(OC(F)(F)F)c1. The number of hydrogen-bond donors (Lipinski definition) is 1. The maximum atomic E-state index is 12.1. The zero-order valence-corrected chi connectivity index (χ0v) is 9.84. The topological polar surface area (TPSA) is 35.2 Å². The zero-order chi connectivity index (χ0) is 13.1. The van der Waals surface area contributed by atoms with Crippen molar-refractivity contribution in [3.8, 4) is 5.75 Å². The molecule has 0 bridgehead atoms. The monoisotopic (exact) mass is 247 g/mol. The summed E-state index contributed by atoms with van der Waals surface area (Å²) in [6.07, 6.45) is -3.96. The molecule has 0 aliphatic heterocycles. The second-order valence-electron chi connectivity index (χ2n) is 4.50. The molecular formula is C12H16F3NO. The van der Waals surface area contributed by atoms with Crippen LogP contribution in [0.2, 0.25) is 0 Å². The predicted octanol–water partition coefficient (Wildman–Crippen LogP) is 3.21. The molecule has 2 nitrogen and oxygen atoms in total. The molecule has 0 aliphatic rings. The van der Waals surface area contributed by atoms with Gasteiger partial charge in [-0.3, -0.25) is 0 Å². The lowest BCUT2D eigenvalue weighted by Gasteiger charge is -2.25. The number of benzene rings is 1. The van der Waals surface area contributed by atoms with Gasteiger partial charge < -0.3 is 10.5 Å². The molecular weight excluding hydrogens is 231 g/mol. The van der Waals surface area contributed by atoms with E-state index in [2.05, 4.69) is 4.74 Å². The molecule has 0 heterocycles. The Hall–Kier alpha value is -1.23. The molecule has 0 atom stereocenters. The van der Waals surface area contributed by atoms with Gasteiger partial charge in [-0.15, -0.1) is 13.2 Å². The van der Waals surface area contributed by atoms with Crippen molar-refractivity contribution in [3.05, 3.63) is 29.8 Å². The summed E-state index contributed by atoms with van der Waals surface area (Å²) < 4.78 is 40.1.